The second kappa shape index (κ2) is 9.26. The third-order valence-corrected chi connectivity index (χ3v) is 5.18. The fourth-order valence-electron chi connectivity index (χ4n) is 3.03. The topological polar surface area (TPSA) is 24.5 Å². The summed E-state index contributed by atoms with van der Waals surface area (Å²) in [4.78, 5) is 2.57. The van der Waals surface area contributed by atoms with Gasteiger partial charge in [0.15, 0.2) is 0 Å². The number of hydrogen-bond acceptors (Lipinski definition) is 3. The van der Waals surface area contributed by atoms with Crippen molar-refractivity contribution < 1.29 is 4.74 Å². The molecule has 0 bridgehead atoms. The van der Waals surface area contributed by atoms with Crippen LogP contribution in [0.4, 0.5) is 0 Å². The Balaban J connectivity index is 1.96. The van der Waals surface area contributed by atoms with Gasteiger partial charge in [0, 0.05) is 29.2 Å². The molecule has 5 heteroatoms. The summed E-state index contributed by atoms with van der Waals surface area (Å²) in [5.41, 5.74) is 1.20. The van der Waals surface area contributed by atoms with E-state index in [1.165, 1.54) is 24.9 Å². The molecule has 1 saturated heterocycles. The fourth-order valence-corrected chi connectivity index (χ4v) is 4.45. The van der Waals surface area contributed by atoms with Crippen LogP contribution in [0, 0.1) is 0 Å². The minimum atomic E-state index is 0.681. The summed E-state index contributed by atoms with van der Waals surface area (Å²) < 4.78 is 8.02. The van der Waals surface area contributed by atoms with Crippen LogP contribution in [0.15, 0.2) is 21.1 Å². The maximum absolute atomic E-state index is 5.92. The predicted octanol–water partition coefficient (Wildman–Crippen LogP) is 4.57. The Morgan fingerprint density at radius 1 is 1.32 bits per heavy atom. The molecule has 124 valence electrons. The van der Waals surface area contributed by atoms with Gasteiger partial charge in [0.25, 0.3) is 0 Å². The summed E-state index contributed by atoms with van der Waals surface area (Å²) in [7, 11) is 0. The van der Waals surface area contributed by atoms with Crippen molar-refractivity contribution in [1.82, 2.24) is 10.2 Å². The van der Waals surface area contributed by atoms with E-state index in [0.717, 1.165) is 47.4 Å². The Morgan fingerprint density at radius 2 is 2.14 bits per heavy atom. The van der Waals surface area contributed by atoms with E-state index in [0.29, 0.717) is 6.04 Å². The first-order chi connectivity index (χ1) is 10.7. The van der Waals surface area contributed by atoms with Gasteiger partial charge in [-0.1, -0.05) is 29.8 Å². The molecular formula is C17H26Br2N2O. The number of ether oxygens (including phenoxy) is 1. The maximum atomic E-state index is 5.92. The zero-order valence-corrected chi connectivity index (χ0v) is 16.7. The minimum absolute atomic E-state index is 0.681. The van der Waals surface area contributed by atoms with Crippen LogP contribution in [0.3, 0.4) is 0 Å². The average molecular weight is 434 g/mol. The van der Waals surface area contributed by atoms with Gasteiger partial charge < -0.3 is 10.1 Å². The van der Waals surface area contributed by atoms with Gasteiger partial charge in [-0.05, 0) is 60.4 Å². The number of rotatable bonds is 8. The molecule has 1 N–H and O–H groups in total. The lowest BCUT2D eigenvalue weighted by molar-refractivity contribution is 0.259. The zero-order chi connectivity index (χ0) is 15.9. The molecule has 0 aromatic heterocycles. The van der Waals surface area contributed by atoms with Gasteiger partial charge in [-0.15, -0.1) is 0 Å². The minimum Gasteiger partial charge on any atom is -0.492 e. The molecule has 1 aromatic rings. The van der Waals surface area contributed by atoms with E-state index in [4.69, 9.17) is 4.74 Å². The third kappa shape index (κ3) is 4.95. The Labute approximate surface area is 151 Å². The molecule has 1 aliphatic heterocycles. The Hall–Kier alpha value is -0.100. The standard InChI is InChI=1S/C17H26Br2N2O/c1-3-8-22-17-13(9-14(18)10-16(17)19)11-20-12-15-6-5-7-21(15)4-2/h9-10,15,20H,3-8,11-12H2,1-2H3/t15-/m1/s1. The third-order valence-electron chi connectivity index (χ3n) is 4.14. The Morgan fingerprint density at radius 3 is 2.86 bits per heavy atom. The molecule has 0 saturated carbocycles. The lowest BCUT2D eigenvalue weighted by atomic mass is 10.1. The number of hydrogen-bond donors (Lipinski definition) is 1. The van der Waals surface area contributed by atoms with Crippen LogP contribution in [0.25, 0.3) is 0 Å². The van der Waals surface area contributed by atoms with Crippen molar-refractivity contribution >= 4 is 31.9 Å². The molecule has 0 amide bonds. The van der Waals surface area contributed by atoms with Crippen LogP contribution >= 0.6 is 31.9 Å². The van der Waals surface area contributed by atoms with E-state index in [1.54, 1.807) is 0 Å². The van der Waals surface area contributed by atoms with Gasteiger partial charge in [-0.3, -0.25) is 4.90 Å². The number of likely N-dealkylation sites (tertiary alicyclic amines) is 1. The highest BCUT2D eigenvalue weighted by atomic mass is 79.9. The fraction of sp³-hybridized carbons (Fsp3) is 0.647. The number of halogens is 2. The van der Waals surface area contributed by atoms with Crippen molar-refractivity contribution in [1.29, 1.82) is 0 Å². The van der Waals surface area contributed by atoms with E-state index in [-0.39, 0.29) is 0 Å². The van der Waals surface area contributed by atoms with Gasteiger partial charge in [0.1, 0.15) is 5.75 Å². The number of nitrogens with zero attached hydrogens (tertiary/aromatic N) is 1. The monoisotopic (exact) mass is 432 g/mol. The molecule has 0 radical (unpaired) electrons. The van der Waals surface area contributed by atoms with Gasteiger partial charge in [0.05, 0.1) is 11.1 Å². The first-order valence-corrected chi connectivity index (χ1v) is 9.79. The molecule has 0 aliphatic carbocycles. The van der Waals surface area contributed by atoms with Gasteiger partial charge in [0.2, 0.25) is 0 Å². The van der Waals surface area contributed by atoms with Gasteiger partial charge in [-0.2, -0.15) is 0 Å². The Bertz CT molecular complexity index is 482. The zero-order valence-electron chi connectivity index (χ0n) is 13.5. The highest BCUT2D eigenvalue weighted by Gasteiger charge is 2.22. The van der Waals surface area contributed by atoms with Crippen molar-refractivity contribution in [3.8, 4) is 5.75 Å². The van der Waals surface area contributed by atoms with Gasteiger partial charge in [-0.25, -0.2) is 0 Å². The Kier molecular flexibility index (Phi) is 7.68. The molecule has 0 spiro atoms. The van der Waals surface area contributed by atoms with Crippen molar-refractivity contribution in [3.05, 3.63) is 26.6 Å². The molecule has 1 aromatic carbocycles. The van der Waals surface area contributed by atoms with E-state index in [9.17, 15) is 0 Å². The van der Waals surface area contributed by atoms with E-state index in [1.807, 2.05) is 6.07 Å². The summed E-state index contributed by atoms with van der Waals surface area (Å²) in [6, 6.07) is 4.87. The van der Waals surface area contributed by atoms with E-state index >= 15 is 0 Å². The molecule has 3 nitrogen and oxygen atoms in total. The predicted molar refractivity (Wildman–Crippen MR) is 99.6 cm³/mol. The molecule has 1 heterocycles. The van der Waals surface area contributed by atoms with Crippen molar-refractivity contribution in [2.24, 2.45) is 0 Å². The number of nitrogens with one attached hydrogen (secondary N) is 1. The quantitative estimate of drug-likeness (QED) is 0.649. The lowest BCUT2D eigenvalue weighted by Gasteiger charge is -2.23. The maximum Gasteiger partial charge on any atom is 0.138 e. The molecule has 22 heavy (non-hydrogen) atoms. The van der Waals surface area contributed by atoms with Crippen molar-refractivity contribution in [2.75, 3.05) is 26.2 Å². The van der Waals surface area contributed by atoms with Crippen LogP contribution in [-0.4, -0.2) is 37.2 Å². The highest BCUT2D eigenvalue weighted by molar-refractivity contribution is 9.11. The normalized spacial score (nSPS) is 18.8. The van der Waals surface area contributed by atoms with Crippen LogP contribution in [0.2, 0.25) is 0 Å². The average Bonchev–Trinajstić information content (AvgIpc) is 2.94. The first-order valence-electron chi connectivity index (χ1n) is 8.21. The van der Waals surface area contributed by atoms with Crippen LogP contribution < -0.4 is 10.1 Å². The van der Waals surface area contributed by atoms with Crippen molar-refractivity contribution in [2.45, 2.75) is 45.7 Å². The largest absolute Gasteiger partial charge is 0.492 e. The molecule has 2 rings (SSSR count). The second-order valence-corrected chi connectivity index (χ2v) is 7.55. The first kappa shape index (κ1) is 18.2. The van der Waals surface area contributed by atoms with Crippen LogP contribution in [-0.2, 0) is 6.54 Å². The summed E-state index contributed by atoms with van der Waals surface area (Å²) >= 11 is 7.19. The summed E-state index contributed by atoms with van der Waals surface area (Å²) in [5.74, 6) is 0.969. The van der Waals surface area contributed by atoms with Crippen molar-refractivity contribution in [3.63, 3.8) is 0 Å². The summed E-state index contributed by atoms with van der Waals surface area (Å²) in [6.45, 7) is 9.41. The molecule has 1 aliphatic rings. The molecular weight excluding hydrogens is 408 g/mol. The van der Waals surface area contributed by atoms with Crippen LogP contribution in [0.5, 0.6) is 5.75 Å². The number of likely N-dealkylation sites (N-methyl/N-ethyl adjacent to an activating group) is 1. The van der Waals surface area contributed by atoms with E-state index < -0.39 is 0 Å². The van der Waals surface area contributed by atoms with Gasteiger partial charge >= 0.3 is 0 Å². The van der Waals surface area contributed by atoms with E-state index in [2.05, 4.69) is 62.0 Å². The lowest BCUT2D eigenvalue weighted by Crippen LogP contribution is -2.37. The number of benzene rings is 1. The summed E-state index contributed by atoms with van der Waals surface area (Å²) in [5, 5.41) is 3.62. The molecule has 1 fully saturated rings. The van der Waals surface area contributed by atoms with Crippen LogP contribution in [0.1, 0.15) is 38.7 Å². The highest BCUT2D eigenvalue weighted by Crippen LogP contribution is 2.33. The molecule has 1 atom stereocenters. The smallest absolute Gasteiger partial charge is 0.138 e. The second-order valence-electron chi connectivity index (χ2n) is 5.78. The molecule has 0 unspecified atom stereocenters. The SMILES string of the molecule is CCCOc1c(Br)cc(Br)cc1CNC[C@H]1CCCN1CC. The summed E-state index contributed by atoms with van der Waals surface area (Å²) in [6.07, 6.45) is 3.65.